The summed E-state index contributed by atoms with van der Waals surface area (Å²) in [6.45, 7) is 0. The van der Waals surface area contributed by atoms with Crippen LogP contribution in [0.2, 0.25) is 0 Å². The van der Waals surface area contributed by atoms with Gasteiger partial charge in [-0.2, -0.15) is 0 Å². The summed E-state index contributed by atoms with van der Waals surface area (Å²) in [6.07, 6.45) is 8.94. The number of hydrogen-bond acceptors (Lipinski definition) is 7. The maximum absolute atomic E-state index is 12.4. The van der Waals surface area contributed by atoms with Crippen molar-refractivity contribution in [3.63, 3.8) is 0 Å². The fourth-order valence-electron chi connectivity index (χ4n) is 4.98. The average molecular weight is 555 g/mol. The quantitative estimate of drug-likeness (QED) is 0.525. The molecule has 1 aromatic heterocycles. The van der Waals surface area contributed by atoms with Crippen LogP contribution in [0.25, 0.3) is 12.2 Å². The first-order valence-corrected chi connectivity index (χ1v) is 11.7. The first-order chi connectivity index (χ1) is 18.6. The summed E-state index contributed by atoms with van der Waals surface area (Å²) >= 11 is 0. The van der Waals surface area contributed by atoms with Crippen molar-refractivity contribution in [2.24, 2.45) is 9.98 Å². The van der Waals surface area contributed by atoms with Gasteiger partial charge in [-0.1, -0.05) is 30.3 Å². The van der Waals surface area contributed by atoms with Gasteiger partial charge in [0.15, 0.2) is 0 Å². The standard InChI is InChI=1S/C30H16N4O4.Co/c35-13-22-23(14-36)29-25(16-38)30-24(15-37)28(17-4-2-1-3-5-17)27(34-30)12-21-9-7-19(32-21)10-18-6-8-20(31-18)11-26(22)33-29;/h1-12,28,30-31,34H;. The minimum atomic E-state index is -1.01. The third-order valence-electron chi connectivity index (χ3n) is 6.64. The number of allylic oxidation sites excluding steroid dienone is 5. The average Bonchev–Trinajstić information content (AvgIpc) is 3.71. The maximum atomic E-state index is 12.4. The Labute approximate surface area is 232 Å². The van der Waals surface area contributed by atoms with E-state index in [4.69, 9.17) is 0 Å². The smallest absolute Gasteiger partial charge is 0.136 e. The Morgan fingerprint density at radius 1 is 0.744 bits per heavy atom. The molecular weight excluding hydrogens is 539 g/mol. The van der Waals surface area contributed by atoms with Gasteiger partial charge in [0.05, 0.1) is 40.2 Å². The van der Waals surface area contributed by atoms with Crippen molar-refractivity contribution in [2.45, 2.75) is 12.0 Å². The normalized spacial score (nSPS) is 20.8. The van der Waals surface area contributed by atoms with Crippen LogP contribution in [0, 0.1) is 0 Å². The minimum Gasteiger partial charge on any atom is -0.376 e. The van der Waals surface area contributed by atoms with E-state index in [1.54, 1.807) is 30.1 Å². The van der Waals surface area contributed by atoms with Crippen LogP contribution in [0.5, 0.6) is 0 Å². The van der Waals surface area contributed by atoms with Crippen molar-refractivity contribution < 1.29 is 36.0 Å². The van der Waals surface area contributed by atoms with Gasteiger partial charge in [-0.3, -0.25) is 0 Å². The number of H-pyrrole nitrogens is 1. The molecule has 0 amide bonds. The summed E-state index contributed by atoms with van der Waals surface area (Å²) in [7, 11) is 0. The molecule has 1 aromatic carbocycles. The molecule has 2 aromatic rings. The summed E-state index contributed by atoms with van der Waals surface area (Å²) in [5, 5.41) is 3.24. The predicted molar refractivity (Wildman–Crippen MR) is 142 cm³/mol. The molecule has 0 spiro atoms. The van der Waals surface area contributed by atoms with E-state index in [9.17, 15) is 19.2 Å². The second-order valence-electron chi connectivity index (χ2n) is 8.85. The second kappa shape index (κ2) is 10.3. The monoisotopic (exact) mass is 555 g/mol. The first kappa shape index (κ1) is 25.6. The number of aromatic nitrogens is 1. The number of rotatable bonds is 1. The molecule has 1 saturated heterocycles. The van der Waals surface area contributed by atoms with Crippen molar-refractivity contribution in [3.8, 4) is 0 Å². The molecule has 6 rings (SSSR count). The van der Waals surface area contributed by atoms with Gasteiger partial charge in [0, 0.05) is 33.9 Å². The molecule has 2 unspecified atom stereocenters. The topological polar surface area (TPSA) is 121 Å². The van der Waals surface area contributed by atoms with Crippen LogP contribution >= 0.6 is 0 Å². The number of hydrogen-bond donors (Lipinski definition) is 2. The number of aliphatic imine (C=N–C) groups is 2. The Morgan fingerprint density at radius 2 is 1.49 bits per heavy atom. The third kappa shape index (κ3) is 4.36. The van der Waals surface area contributed by atoms with Gasteiger partial charge in [-0.25, -0.2) is 29.2 Å². The van der Waals surface area contributed by atoms with E-state index in [1.165, 1.54) is 0 Å². The molecule has 2 atom stereocenters. The van der Waals surface area contributed by atoms with Crippen LogP contribution in [0.3, 0.4) is 0 Å². The Bertz CT molecular complexity index is 1810. The predicted octanol–water partition coefficient (Wildman–Crippen LogP) is 2.84. The van der Waals surface area contributed by atoms with Gasteiger partial charge >= 0.3 is 0 Å². The molecule has 0 aliphatic carbocycles. The summed E-state index contributed by atoms with van der Waals surface area (Å²) in [5.74, 6) is 6.77. The van der Waals surface area contributed by atoms with Gasteiger partial charge in [0.1, 0.15) is 40.6 Å². The van der Waals surface area contributed by atoms with Crippen LogP contribution in [-0.4, -0.2) is 46.2 Å². The molecule has 1 fully saturated rings. The summed E-state index contributed by atoms with van der Waals surface area (Å²) < 4.78 is 0. The summed E-state index contributed by atoms with van der Waals surface area (Å²) in [5.41, 5.74) is 3.84. The molecule has 189 valence electrons. The SMILES string of the molecule is O=C=C1C(=C=O)C2=NC1=Cc1ccc([nH]1)C=C1C=CC(=N1)C=C1NC(C2=C=O)C(=C=O)C1c1ccccc1.[Co]. The number of benzene rings is 1. The number of nitrogens with one attached hydrogen (secondary N) is 2. The molecule has 1 radical (unpaired) electrons. The Hall–Kier alpha value is -5.09. The van der Waals surface area contributed by atoms with Crippen molar-refractivity contribution in [1.82, 2.24) is 10.3 Å². The van der Waals surface area contributed by atoms with E-state index >= 15 is 0 Å². The zero-order valence-electron chi connectivity index (χ0n) is 19.9. The zero-order chi connectivity index (χ0) is 26.2. The molecule has 8 nitrogen and oxygen atoms in total. The molecule has 4 aliphatic heterocycles. The summed E-state index contributed by atoms with van der Waals surface area (Å²) in [4.78, 5) is 61.0. The molecule has 8 bridgehead atoms. The van der Waals surface area contributed by atoms with E-state index in [-0.39, 0.29) is 50.5 Å². The van der Waals surface area contributed by atoms with Crippen LogP contribution in [0.1, 0.15) is 22.9 Å². The number of carbonyl (C=O) groups excluding carboxylic acids is 4. The minimum absolute atomic E-state index is 0. The fourth-order valence-corrected chi connectivity index (χ4v) is 4.98. The zero-order valence-corrected chi connectivity index (χ0v) is 21.0. The van der Waals surface area contributed by atoms with Gasteiger partial charge in [0.25, 0.3) is 0 Å². The van der Waals surface area contributed by atoms with Crippen molar-refractivity contribution in [1.29, 1.82) is 0 Å². The van der Waals surface area contributed by atoms with E-state index in [0.29, 0.717) is 22.8 Å². The van der Waals surface area contributed by atoms with E-state index < -0.39 is 12.0 Å². The molecule has 9 heteroatoms. The van der Waals surface area contributed by atoms with E-state index in [0.717, 1.165) is 11.3 Å². The Balaban J connectivity index is 0.00000308. The second-order valence-corrected chi connectivity index (χ2v) is 8.85. The fraction of sp³-hybridized carbons (Fsp3) is 0.0667. The largest absolute Gasteiger partial charge is 0.376 e. The van der Waals surface area contributed by atoms with Crippen molar-refractivity contribution in [2.75, 3.05) is 0 Å². The van der Waals surface area contributed by atoms with Crippen molar-refractivity contribution >= 4 is 47.3 Å². The molecule has 4 aliphatic rings. The molecule has 39 heavy (non-hydrogen) atoms. The number of fused-ring (bicyclic) bond motifs is 6. The first-order valence-electron chi connectivity index (χ1n) is 11.7. The summed E-state index contributed by atoms with van der Waals surface area (Å²) in [6, 6.07) is 11.9. The Kier molecular flexibility index (Phi) is 6.78. The van der Waals surface area contributed by atoms with Gasteiger partial charge in [-0.15, -0.1) is 0 Å². The molecule has 5 heterocycles. The van der Waals surface area contributed by atoms with Gasteiger partial charge in [-0.05, 0) is 48.1 Å². The van der Waals surface area contributed by atoms with Crippen LogP contribution < -0.4 is 5.32 Å². The van der Waals surface area contributed by atoms with Crippen LogP contribution in [0.15, 0.2) is 110 Å². The van der Waals surface area contributed by atoms with Gasteiger partial charge in [0.2, 0.25) is 0 Å². The van der Waals surface area contributed by atoms with Crippen molar-refractivity contribution in [3.05, 3.63) is 117 Å². The van der Waals surface area contributed by atoms with Crippen LogP contribution in [0.4, 0.5) is 0 Å². The van der Waals surface area contributed by atoms with Gasteiger partial charge < -0.3 is 10.3 Å². The maximum Gasteiger partial charge on any atom is 0.136 e. The number of nitrogens with zero attached hydrogens (tertiary/aromatic N) is 2. The van der Waals surface area contributed by atoms with E-state index in [2.05, 4.69) is 20.3 Å². The van der Waals surface area contributed by atoms with E-state index in [1.807, 2.05) is 66.5 Å². The number of aromatic amines is 1. The molecule has 0 saturated carbocycles. The van der Waals surface area contributed by atoms with Crippen LogP contribution in [-0.2, 0) is 36.0 Å². The molecular formula is C30H16CoN4O4. The molecule has 2 N–H and O–H groups in total. The third-order valence-corrected chi connectivity index (χ3v) is 6.64. The Morgan fingerprint density at radius 3 is 2.18 bits per heavy atom.